The first-order valence-electron chi connectivity index (χ1n) is 20.9. The average molecular weight is 791 g/mol. The fourth-order valence-corrected chi connectivity index (χ4v) is 9.55. The SMILES string of the molecule is c1ccc(-c2nc(-c3ccc(-n4c5ccccc5c5cc6ccccc6cc54)cc3-c3cccc4oc5c6ccccc6ccc5c34)nc(-c3cccc4ccccc34)n2)cc1. The third-order valence-electron chi connectivity index (χ3n) is 12.4. The van der Waals surface area contributed by atoms with Crippen LogP contribution < -0.4 is 0 Å². The second-order valence-electron chi connectivity index (χ2n) is 15.9. The molecule has 0 aliphatic rings. The van der Waals surface area contributed by atoms with E-state index in [1.807, 2.05) is 18.2 Å². The van der Waals surface area contributed by atoms with Gasteiger partial charge in [0.25, 0.3) is 0 Å². The van der Waals surface area contributed by atoms with E-state index in [1.54, 1.807) is 0 Å². The molecule has 0 unspecified atom stereocenters. The van der Waals surface area contributed by atoms with E-state index in [2.05, 4.69) is 193 Å². The van der Waals surface area contributed by atoms with E-state index in [0.717, 1.165) is 88.0 Å². The Hall–Kier alpha value is -8.41. The van der Waals surface area contributed by atoms with Crippen molar-refractivity contribution in [3.63, 3.8) is 0 Å². The first kappa shape index (κ1) is 34.5. The lowest BCUT2D eigenvalue weighted by atomic mass is 9.93. The lowest BCUT2D eigenvalue weighted by Crippen LogP contribution is -2.02. The minimum atomic E-state index is 0.590. The summed E-state index contributed by atoms with van der Waals surface area (Å²) >= 11 is 0. The zero-order valence-corrected chi connectivity index (χ0v) is 33.3. The number of benzene rings is 10. The molecule has 3 aromatic heterocycles. The monoisotopic (exact) mass is 790 g/mol. The van der Waals surface area contributed by atoms with Gasteiger partial charge in [0.15, 0.2) is 17.5 Å². The van der Waals surface area contributed by atoms with Crippen molar-refractivity contribution in [3.05, 3.63) is 206 Å². The van der Waals surface area contributed by atoms with Gasteiger partial charge in [-0.1, -0.05) is 158 Å². The van der Waals surface area contributed by atoms with Crippen LogP contribution in [0, 0.1) is 0 Å². The third-order valence-corrected chi connectivity index (χ3v) is 12.4. The summed E-state index contributed by atoms with van der Waals surface area (Å²) in [4.78, 5) is 15.9. The molecule has 0 amide bonds. The highest BCUT2D eigenvalue weighted by Crippen LogP contribution is 2.44. The van der Waals surface area contributed by atoms with Gasteiger partial charge in [0.1, 0.15) is 11.2 Å². The minimum absolute atomic E-state index is 0.590. The van der Waals surface area contributed by atoms with Crippen LogP contribution in [-0.2, 0) is 0 Å². The summed E-state index contributed by atoms with van der Waals surface area (Å²) in [5.74, 6) is 1.82. The standard InChI is InChI=1S/C57H34N4O/c1-2-16-37(17-3-1)55-58-56(45-25-12-20-35-14-6-8-21-41(35)45)60-57(59-55)46-31-29-40(61-50-26-11-10-23-43(50)49-32-38-18-4-5-19-39(38)33-51(49)61)34-48(46)44-24-13-27-52-53(44)47-30-28-36-15-7-9-22-42(36)54(47)62-52/h1-34H. The molecule has 0 atom stereocenters. The first-order chi connectivity index (χ1) is 30.7. The zero-order valence-electron chi connectivity index (χ0n) is 33.3. The highest BCUT2D eigenvalue weighted by Gasteiger charge is 2.23. The van der Waals surface area contributed by atoms with Crippen LogP contribution >= 0.6 is 0 Å². The van der Waals surface area contributed by atoms with Crippen LogP contribution in [0.4, 0.5) is 0 Å². The van der Waals surface area contributed by atoms with Crippen LogP contribution in [0.3, 0.4) is 0 Å². The number of fused-ring (bicyclic) bond motifs is 10. The smallest absolute Gasteiger partial charge is 0.164 e. The molecule has 0 aliphatic carbocycles. The van der Waals surface area contributed by atoms with Gasteiger partial charge in [-0.3, -0.25) is 0 Å². The van der Waals surface area contributed by atoms with Crippen LogP contribution in [-0.4, -0.2) is 19.5 Å². The topological polar surface area (TPSA) is 56.7 Å². The number of nitrogens with zero attached hydrogens (tertiary/aromatic N) is 4. The summed E-state index contributed by atoms with van der Waals surface area (Å²) in [7, 11) is 0. The van der Waals surface area contributed by atoms with E-state index in [4.69, 9.17) is 19.4 Å². The number of aromatic nitrogens is 4. The Bertz CT molecular complexity index is 3930. The van der Waals surface area contributed by atoms with Gasteiger partial charge in [-0.25, -0.2) is 15.0 Å². The molecular weight excluding hydrogens is 757 g/mol. The second kappa shape index (κ2) is 13.6. The van der Waals surface area contributed by atoms with Crippen LogP contribution in [0.5, 0.6) is 0 Å². The molecule has 0 aliphatic heterocycles. The van der Waals surface area contributed by atoms with Gasteiger partial charge in [0.2, 0.25) is 0 Å². The van der Waals surface area contributed by atoms with E-state index in [9.17, 15) is 0 Å². The maximum Gasteiger partial charge on any atom is 0.164 e. The second-order valence-corrected chi connectivity index (χ2v) is 15.9. The Kier molecular flexibility index (Phi) is 7.54. The molecule has 13 aromatic rings. The number of rotatable bonds is 5. The largest absolute Gasteiger partial charge is 0.455 e. The molecule has 0 bridgehead atoms. The summed E-state index contributed by atoms with van der Waals surface area (Å²) < 4.78 is 9.18. The molecule has 0 spiro atoms. The van der Waals surface area contributed by atoms with Gasteiger partial charge in [-0.2, -0.15) is 0 Å². The maximum absolute atomic E-state index is 6.78. The molecule has 3 heterocycles. The van der Waals surface area contributed by atoms with Crippen molar-refractivity contribution in [1.29, 1.82) is 0 Å². The average Bonchev–Trinajstić information content (AvgIpc) is 3.89. The van der Waals surface area contributed by atoms with Crippen molar-refractivity contribution in [2.75, 3.05) is 0 Å². The van der Waals surface area contributed by atoms with E-state index < -0.39 is 0 Å². The Morgan fingerprint density at radius 3 is 1.81 bits per heavy atom. The van der Waals surface area contributed by atoms with Crippen LogP contribution in [0.25, 0.3) is 127 Å². The van der Waals surface area contributed by atoms with Gasteiger partial charge in [-0.05, 0) is 86.6 Å². The number of furan rings is 1. The summed E-state index contributed by atoms with van der Waals surface area (Å²) in [6, 6.07) is 72.8. The Morgan fingerprint density at radius 2 is 0.968 bits per heavy atom. The van der Waals surface area contributed by atoms with Crippen molar-refractivity contribution in [2.24, 2.45) is 0 Å². The van der Waals surface area contributed by atoms with Crippen molar-refractivity contribution < 1.29 is 4.42 Å². The normalized spacial score (nSPS) is 11.9. The molecule has 13 rings (SSSR count). The Labute approximate surface area is 355 Å². The van der Waals surface area contributed by atoms with E-state index >= 15 is 0 Å². The number of hydrogen-bond donors (Lipinski definition) is 0. The molecule has 5 nitrogen and oxygen atoms in total. The van der Waals surface area contributed by atoms with Gasteiger partial charge in [-0.15, -0.1) is 0 Å². The minimum Gasteiger partial charge on any atom is -0.455 e. The maximum atomic E-state index is 6.78. The molecule has 0 saturated carbocycles. The molecular formula is C57H34N4O. The highest BCUT2D eigenvalue weighted by molar-refractivity contribution is 6.20. The van der Waals surface area contributed by atoms with Crippen LogP contribution in [0.1, 0.15) is 0 Å². The summed E-state index contributed by atoms with van der Waals surface area (Å²) in [5.41, 5.74) is 9.81. The van der Waals surface area contributed by atoms with Crippen LogP contribution in [0.15, 0.2) is 211 Å². The molecule has 10 aromatic carbocycles. The molecule has 0 N–H and O–H groups in total. The predicted octanol–water partition coefficient (Wildman–Crippen LogP) is 15.0. The van der Waals surface area contributed by atoms with Crippen molar-refractivity contribution in [1.82, 2.24) is 19.5 Å². The summed E-state index contributed by atoms with van der Waals surface area (Å²) in [6.07, 6.45) is 0. The summed E-state index contributed by atoms with van der Waals surface area (Å²) in [5, 5.41) is 11.4. The van der Waals surface area contributed by atoms with E-state index in [1.165, 1.54) is 21.5 Å². The van der Waals surface area contributed by atoms with Crippen molar-refractivity contribution >= 4 is 76.1 Å². The van der Waals surface area contributed by atoms with E-state index in [-0.39, 0.29) is 0 Å². The quantitative estimate of drug-likeness (QED) is 0.174. The molecule has 5 heteroatoms. The molecule has 288 valence electrons. The van der Waals surface area contributed by atoms with Gasteiger partial charge >= 0.3 is 0 Å². The molecule has 0 radical (unpaired) electrons. The fraction of sp³-hybridized carbons (Fsp3) is 0. The lowest BCUT2D eigenvalue weighted by Gasteiger charge is -2.16. The number of para-hydroxylation sites is 1. The molecule has 0 saturated heterocycles. The van der Waals surface area contributed by atoms with Crippen molar-refractivity contribution in [3.8, 4) is 51.0 Å². The Balaban J connectivity index is 1.13. The molecule has 0 fully saturated rings. The summed E-state index contributed by atoms with van der Waals surface area (Å²) in [6.45, 7) is 0. The zero-order chi connectivity index (χ0) is 40.7. The lowest BCUT2D eigenvalue weighted by molar-refractivity contribution is 0.673. The van der Waals surface area contributed by atoms with Crippen LogP contribution in [0.2, 0.25) is 0 Å². The Morgan fingerprint density at radius 1 is 0.339 bits per heavy atom. The first-order valence-corrected chi connectivity index (χ1v) is 20.9. The van der Waals surface area contributed by atoms with Gasteiger partial charge in [0.05, 0.1) is 11.0 Å². The van der Waals surface area contributed by atoms with Gasteiger partial charge in [0, 0.05) is 49.3 Å². The third kappa shape index (κ3) is 5.32. The fourth-order valence-electron chi connectivity index (χ4n) is 9.55. The molecule has 62 heavy (non-hydrogen) atoms. The highest BCUT2D eigenvalue weighted by atomic mass is 16.3. The predicted molar refractivity (Wildman–Crippen MR) is 256 cm³/mol. The van der Waals surface area contributed by atoms with E-state index in [0.29, 0.717) is 17.5 Å². The van der Waals surface area contributed by atoms with Gasteiger partial charge < -0.3 is 8.98 Å². The number of hydrogen-bond acceptors (Lipinski definition) is 4. The van der Waals surface area contributed by atoms with Crippen molar-refractivity contribution in [2.45, 2.75) is 0 Å².